The number of pyridine rings is 1. The quantitative estimate of drug-likeness (QED) is 0.436. The van der Waals surface area contributed by atoms with Crippen molar-refractivity contribution in [2.24, 2.45) is 0 Å². The lowest BCUT2D eigenvalue weighted by Crippen LogP contribution is -2.48. The van der Waals surface area contributed by atoms with E-state index in [1.807, 2.05) is 18.7 Å². The van der Waals surface area contributed by atoms with Crippen LogP contribution in [0.3, 0.4) is 0 Å². The second-order valence-electron chi connectivity index (χ2n) is 8.51. The number of nitrogens with zero attached hydrogens (tertiary/aromatic N) is 4. The van der Waals surface area contributed by atoms with Crippen LogP contribution in [0.2, 0.25) is 0 Å². The van der Waals surface area contributed by atoms with Gasteiger partial charge in [0.1, 0.15) is 9.96 Å². The van der Waals surface area contributed by atoms with E-state index in [9.17, 15) is 21.6 Å². The van der Waals surface area contributed by atoms with E-state index in [0.717, 1.165) is 17.6 Å². The normalized spacial score (nSPS) is 14.8. The van der Waals surface area contributed by atoms with E-state index < -0.39 is 19.7 Å². The van der Waals surface area contributed by atoms with Crippen LogP contribution in [0.1, 0.15) is 24.2 Å². The number of aromatic nitrogens is 2. The van der Waals surface area contributed by atoms with Gasteiger partial charge in [0.25, 0.3) is 5.91 Å². The summed E-state index contributed by atoms with van der Waals surface area (Å²) in [6, 6.07) is 9.00. The minimum Gasteiger partial charge on any atom is -0.490 e. The van der Waals surface area contributed by atoms with Gasteiger partial charge in [-0.1, -0.05) is 17.4 Å². The molecule has 0 saturated carbocycles. The Bertz CT molecular complexity index is 1460. The smallest absolute Gasteiger partial charge is 0.257 e. The second kappa shape index (κ2) is 10.1. The van der Waals surface area contributed by atoms with Crippen LogP contribution in [0.25, 0.3) is 0 Å². The zero-order valence-corrected chi connectivity index (χ0v) is 22.4. The van der Waals surface area contributed by atoms with Crippen LogP contribution in [-0.4, -0.2) is 76.1 Å². The van der Waals surface area contributed by atoms with Crippen molar-refractivity contribution in [3.63, 3.8) is 0 Å². The van der Waals surface area contributed by atoms with Crippen LogP contribution in [0.5, 0.6) is 5.75 Å². The van der Waals surface area contributed by atoms with E-state index in [4.69, 9.17) is 4.74 Å². The molecule has 3 aromatic rings. The lowest BCUT2D eigenvalue weighted by atomic mass is 10.1. The number of anilines is 1. The Morgan fingerprint density at radius 3 is 2.36 bits per heavy atom. The first-order chi connectivity index (χ1) is 17.0. The molecular formula is C23H26N4O6S3. The SMILES string of the molecule is CC(C)Oc1ccc(S(C)(=O)=O)cc1C(=O)N1CCN(c2ncc(S(=O)(=O)c3ccccn3)s2)CC1. The number of hydrogen-bond donors (Lipinski definition) is 0. The summed E-state index contributed by atoms with van der Waals surface area (Å²) in [5.74, 6) is 0.00230. The maximum absolute atomic E-state index is 13.4. The molecule has 1 amide bonds. The summed E-state index contributed by atoms with van der Waals surface area (Å²) in [7, 11) is -7.26. The minimum absolute atomic E-state index is 0.0358. The Labute approximate surface area is 214 Å². The third-order valence-corrected chi connectivity index (χ3v) is 9.76. The van der Waals surface area contributed by atoms with Crippen molar-refractivity contribution < 1.29 is 26.4 Å². The number of piperazine rings is 1. The molecule has 1 aliphatic heterocycles. The summed E-state index contributed by atoms with van der Waals surface area (Å²) >= 11 is 1.06. The van der Waals surface area contributed by atoms with E-state index >= 15 is 0 Å². The molecule has 0 bridgehead atoms. The van der Waals surface area contributed by atoms with Gasteiger partial charge in [0.2, 0.25) is 9.84 Å². The van der Waals surface area contributed by atoms with Gasteiger partial charge in [-0.05, 0) is 44.2 Å². The molecule has 0 N–H and O–H groups in total. The lowest BCUT2D eigenvalue weighted by Gasteiger charge is -2.35. The number of rotatable bonds is 7. The highest BCUT2D eigenvalue weighted by atomic mass is 32.2. The van der Waals surface area contributed by atoms with E-state index in [1.165, 1.54) is 36.7 Å². The zero-order chi connectivity index (χ0) is 26.1. The fraction of sp³-hybridized carbons (Fsp3) is 0.348. The molecule has 1 saturated heterocycles. The standard InChI is InChI=1S/C23H26N4O6S3/c1-16(2)33-19-8-7-17(35(3,29)30)14-18(19)22(28)26-10-12-27(13-11-26)23-25-15-21(34-23)36(31,32)20-6-4-5-9-24-20/h4-9,14-16H,10-13H2,1-3H3. The molecule has 10 nitrogen and oxygen atoms in total. The fourth-order valence-electron chi connectivity index (χ4n) is 3.66. The highest BCUT2D eigenvalue weighted by molar-refractivity contribution is 7.93. The maximum atomic E-state index is 13.4. The number of hydrogen-bond acceptors (Lipinski definition) is 10. The molecule has 13 heteroatoms. The van der Waals surface area contributed by atoms with Crippen LogP contribution >= 0.6 is 11.3 Å². The molecule has 0 atom stereocenters. The third kappa shape index (κ3) is 5.52. The molecule has 3 heterocycles. The van der Waals surface area contributed by atoms with E-state index in [-0.39, 0.29) is 31.7 Å². The molecule has 4 rings (SSSR count). The maximum Gasteiger partial charge on any atom is 0.257 e. The van der Waals surface area contributed by atoms with Crippen molar-refractivity contribution in [3.05, 3.63) is 54.4 Å². The van der Waals surface area contributed by atoms with Crippen molar-refractivity contribution >= 4 is 42.1 Å². The fourth-order valence-corrected chi connectivity index (χ4v) is 6.79. The molecule has 36 heavy (non-hydrogen) atoms. The van der Waals surface area contributed by atoms with Crippen LogP contribution < -0.4 is 9.64 Å². The summed E-state index contributed by atoms with van der Waals surface area (Å²) < 4.78 is 55.6. The van der Waals surface area contributed by atoms with Gasteiger partial charge in [-0.3, -0.25) is 4.79 Å². The first kappa shape index (κ1) is 26.0. The molecule has 192 valence electrons. The van der Waals surface area contributed by atoms with Gasteiger partial charge in [0, 0.05) is 38.6 Å². The highest BCUT2D eigenvalue weighted by Gasteiger charge is 2.29. The molecule has 0 radical (unpaired) electrons. The number of thiazole rings is 1. The second-order valence-corrected chi connectivity index (χ2v) is 13.7. The molecule has 1 aliphatic rings. The van der Waals surface area contributed by atoms with Crippen molar-refractivity contribution in [1.82, 2.24) is 14.9 Å². The summed E-state index contributed by atoms with van der Waals surface area (Å²) in [4.78, 5) is 25.2. The number of amides is 1. The molecule has 1 fully saturated rings. The minimum atomic E-state index is -3.76. The van der Waals surface area contributed by atoms with Gasteiger partial charge >= 0.3 is 0 Å². The Kier molecular flexibility index (Phi) is 7.34. The zero-order valence-electron chi connectivity index (χ0n) is 20.0. The van der Waals surface area contributed by atoms with E-state index in [0.29, 0.717) is 37.1 Å². The van der Waals surface area contributed by atoms with Gasteiger partial charge < -0.3 is 14.5 Å². The number of ether oxygens (including phenoxy) is 1. The number of sulfone groups is 2. The van der Waals surface area contributed by atoms with Crippen LogP contribution in [0.4, 0.5) is 5.13 Å². The van der Waals surface area contributed by atoms with Gasteiger partial charge in [-0.15, -0.1) is 0 Å². The molecule has 0 spiro atoms. The van der Waals surface area contributed by atoms with Gasteiger partial charge in [-0.2, -0.15) is 0 Å². The van der Waals surface area contributed by atoms with E-state index in [1.54, 1.807) is 17.0 Å². The van der Waals surface area contributed by atoms with Gasteiger partial charge in [0.15, 0.2) is 20.0 Å². The Hall–Kier alpha value is -3.03. The number of benzene rings is 1. The van der Waals surface area contributed by atoms with Crippen molar-refractivity contribution in [3.8, 4) is 5.75 Å². The predicted molar refractivity (Wildman–Crippen MR) is 135 cm³/mol. The molecule has 2 aromatic heterocycles. The molecule has 0 aliphatic carbocycles. The first-order valence-corrected chi connectivity index (χ1v) is 15.3. The molecular weight excluding hydrogens is 524 g/mol. The van der Waals surface area contributed by atoms with Gasteiger partial charge in [0.05, 0.1) is 22.8 Å². The first-order valence-electron chi connectivity index (χ1n) is 11.1. The summed E-state index contributed by atoms with van der Waals surface area (Å²) in [6.45, 7) is 5.24. The monoisotopic (exact) mass is 550 g/mol. The summed E-state index contributed by atoms with van der Waals surface area (Å²) in [6.07, 6.45) is 3.65. The van der Waals surface area contributed by atoms with Crippen molar-refractivity contribution in [2.75, 3.05) is 37.3 Å². The topological polar surface area (TPSA) is 127 Å². The average molecular weight is 551 g/mol. The Balaban J connectivity index is 1.50. The number of carbonyl (C=O) groups is 1. The van der Waals surface area contributed by atoms with Gasteiger partial charge in [-0.25, -0.2) is 26.8 Å². The van der Waals surface area contributed by atoms with E-state index in [2.05, 4.69) is 9.97 Å². The highest BCUT2D eigenvalue weighted by Crippen LogP contribution is 2.31. The van der Waals surface area contributed by atoms with Crippen molar-refractivity contribution in [2.45, 2.75) is 34.1 Å². The lowest BCUT2D eigenvalue weighted by molar-refractivity contribution is 0.0740. The summed E-state index contributed by atoms with van der Waals surface area (Å²) in [5, 5.41) is 0.505. The third-order valence-electron chi connectivity index (χ3n) is 5.46. The van der Waals surface area contributed by atoms with Crippen molar-refractivity contribution in [1.29, 1.82) is 0 Å². The predicted octanol–water partition coefficient (Wildman–Crippen LogP) is 2.52. The van der Waals surface area contributed by atoms with Crippen LogP contribution in [-0.2, 0) is 19.7 Å². The van der Waals surface area contributed by atoms with Crippen LogP contribution in [0.15, 0.2) is 62.9 Å². The largest absolute Gasteiger partial charge is 0.490 e. The Morgan fingerprint density at radius 1 is 1.03 bits per heavy atom. The number of carbonyl (C=O) groups excluding carboxylic acids is 1. The molecule has 0 unspecified atom stereocenters. The Morgan fingerprint density at radius 2 is 1.75 bits per heavy atom. The average Bonchev–Trinajstić information content (AvgIpc) is 3.35. The summed E-state index contributed by atoms with van der Waals surface area (Å²) in [5.41, 5.74) is 0.193. The van der Waals surface area contributed by atoms with Crippen LogP contribution in [0, 0.1) is 0 Å². The molecule has 1 aromatic carbocycles.